The van der Waals surface area contributed by atoms with Gasteiger partial charge in [-0.15, -0.1) is 0 Å². The summed E-state index contributed by atoms with van der Waals surface area (Å²) in [4.78, 5) is 37.9. The third kappa shape index (κ3) is 4.19. The van der Waals surface area contributed by atoms with Gasteiger partial charge in [-0.05, 0) is 31.7 Å². The Labute approximate surface area is 161 Å². The smallest absolute Gasteiger partial charge is 0.329 e. The van der Waals surface area contributed by atoms with Gasteiger partial charge in [0.2, 0.25) is 0 Å². The number of imide groups is 1. The molecule has 0 saturated carbocycles. The second kappa shape index (κ2) is 8.81. The fourth-order valence-electron chi connectivity index (χ4n) is 2.49. The van der Waals surface area contributed by atoms with Gasteiger partial charge in [-0.1, -0.05) is 0 Å². The molecule has 2 amide bonds. The summed E-state index contributed by atoms with van der Waals surface area (Å²) < 4.78 is 20.8. The minimum atomic E-state index is -1.01. The van der Waals surface area contributed by atoms with E-state index in [9.17, 15) is 14.4 Å². The van der Waals surface area contributed by atoms with E-state index in [1.807, 2.05) is 0 Å². The third-order valence-corrected chi connectivity index (χ3v) is 4.75. The summed E-state index contributed by atoms with van der Waals surface area (Å²) in [6.07, 6.45) is 1.50. The van der Waals surface area contributed by atoms with Crippen molar-refractivity contribution in [3.8, 4) is 17.2 Å². The summed E-state index contributed by atoms with van der Waals surface area (Å²) >= 11 is 0.737. The number of carbonyl (C=O) groups is 3. The molecule has 0 radical (unpaired) electrons. The number of methoxy groups -OCH3 is 3. The van der Waals surface area contributed by atoms with Gasteiger partial charge < -0.3 is 18.9 Å². The van der Waals surface area contributed by atoms with Gasteiger partial charge >= 0.3 is 5.97 Å². The molecule has 1 atom stereocenters. The van der Waals surface area contributed by atoms with Crippen LogP contribution in [0.5, 0.6) is 17.2 Å². The Morgan fingerprint density at radius 1 is 1.15 bits per heavy atom. The minimum Gasteiger partial charge on any atom is -0.496 e. The SMILES string of the molecule is CCOC(=O)[C@@H](C)N1C(=O)S/C(=C\c2c(OC)cc(OC)cc2OC)C1=O. The number of hydrogen-bond acceptors (Lipinski definition) is 8. The van der Waals surface area contributed by atoms with Crippen molar-refractivity contribution < 1.29 is 33.3 Å². The molecule has 0 aromatic heterocycles. The molecule has 9 heteroatoms. The third-order valence-electron chi connectivity index (χ3n) is 3.87. The summed E-state index contributed by atoms with van der Waals surface area (Å²) in [6, 6.07) is 2.27. The molecular weight excluding hydrogens is 374 g/mol. The highest BCUT2D eigenvalue weighted by Gasteiger charge is 2.41. The van der Waals surface area contributed by atoms with Crippen LogP contribution in [0.3, 0.4) is 0 Å². The Hall–Kier alpha value is -2.68. The van der Waals surface area contributed by atoms with Gasteiger partial charge in [0.15, 0.2) is 0 Å². The van der Waals surface area contributed by atoms with Gasteiger partial charge in [0.05, 0.1) is 38.4 Å². The van der Waals surface area contributed by atoms with E-state index in [-0.39, 0.29) is 11.5 Å². The average molecular weight is 395 g/mol. The van der Waals surface area contributed by atoms with Crippen LogP contribution < -0.4 is 14.2 Å². The molecule has 1 aromatic rings. The lowest BCUT2D eigenvalue weighted by Gasteiger charge is -2.19. The summed E-state index contributed by atoms with van der Waals surface area (Å²) in [7, 11) is 4.45. The van der Waals surface area contributed by atoms with Crippen LogP contribution in [0.2, 0.25) is 0 Å². The molecule has 0 bridgehead atoms. The number of hydrogen-bond donors (Lipinski definition) is 0. The van der Waals surface area contributed by atoms with E-state index in [4.69, 9.17) is 18.9 Å². The maximum absolute atomic E-state index is 12.7. The maximum Gasteiger partial charge on any atom is 0.329 e. The molecule has 1 aromatic carbocycles. The summed E-state index contributed by atoms with van der Waals surface area (Å²) in [6.45, 7) is 3.27. The maximum atomic E-state index is 12.7. The Morgan fingerprint density at radius 2 is 1.74 bits per heavy atom. The number of amides is 2. The first-order valence-corrected chi connectivity index (χ1v) is 8.93. The molecule has 1 saturated heterocycles. The number of ether oxygens (including phenoxy) is 4. The first kappa shape index (κ1) is 20.6. The van der Waals surface area contributed by atoms with Crippen molar-refractivity contribution in [2.45, 2.75) is 19.9 Å². The van der Waals surface area contributed by atoms with Gasteiger partial charge in [0.25, 0.3) is 11.1 Å². The monoisotopic (exact) mass is 395 g/mol. The molecular formula is C18H21NO7S. The molecule has 0 spiro atoms. The number of thioether (sulfide) groups is 1. The molecule has 1 aliphatic rings. The normalized spacial score (nSPS) is 16.5. The highest BCUT2D eigenvalue weighted by atomic mass is 32.2. The van der Waals surface area contributed by atoms with E-state index in [1.54, 1.807) is 19.1 Å². The van der Waals surface area contributed by atoms with E-state index in [2.05, 4.69) is 0 Å². The summed E-state index contributed by atoms with van der Waals surface area (Å²) in [5.41, 5.74) is 0.482. The molecule has 0 N–H and O–H groups in total. The predicted molar refractivity (Wildman–Crippen MR) is 100 cm³/mol. The van der Waals surface area contributed by atoms with Crippen LogP contribution >= 0.6 is 11.8 Å². The Kier molecular flexibility index (Phi) is 6.73. The second-order valence-electron chi connectivity index (χ2n) is 5.43. The lowest BCUT2D eigenvalue weighted by molar-refractivity contribution is -0.150. The van der Waals surface area contributed by atoms with E-state index in [0.717, 1.165) is 16.7 Å². The molecule has 1 heterocycles. The van der Waals surface area contributed by atoms with Crippen LogP contribution in [0.25, 0.3) is 6.08 Å². The topological polar surface area (TPSA) is 91.4 Å². The molecule has 0 unspecified atom stereocenters. The average Bonchev–Trinajstić information content (AvgIpc) is 2.94. The molecule has 1 fully saturated rings. The van der Waals surface area contributed by atoms with Crippen molar-refractivity contribution >= 4 is 35.0 Å². The number of esters is 1. The minimum absolute atomic E-state index is 0.151. The fourth-order valence-corrected chi connectivity index (χ4v) is 3.38. The van der Waals surface area contributed by atoms with E-state index < -0.39 is 23.2 Å². The lowest BCUT2D eigenvalue weighted by Crippen LogP contribution is -2.42. The Morgan fingerprint density at radius 3 is 2.22 bits per heavy atom. The van der Waals surface area contributed by atoms with Crippen LogP contribution in [0.1, 0.15) is 19.4 Å². The highest BCUT2D eigenvalue weighted by Crippen LogP contribution is 2.40. The standard InChI is InChI=1S/C18H21NO7S/c1-6-26-17(21)10(2)19-16(20)15(27-18(19)22)9-12-13(24-4)7-11(23-3)8-14(12)25-5/h7-10H,6H2,1-5H3/b15-9-/t10-/m1/s1. The molecule has 146 valence electrons. The molecule has 0 aliphatic carbocycles. The van der Waals surface area contributed by atoms with Crippen molar-refractivity contribution in [1.29, 1.82) is 0 Å². The summed E-state index contributed by atoms with van der Waals surface area (Å²) in [5.74, 6) is 0.129. The van der Waals surface area contributed by atoms with Crippen LogP contribution in [0, 0.1) is 0 Å². The fraction of sp³-hybridized carbons (Fsp3) is 0.389. The van der Waals surface area contributed by atoms with Crippen molar-refractivity contribution in [3.05, 3.63) is 22.6 Å². The summed E-state index contributed by atoms with van der Waals surface area (Å²) in [5, 5.41) is -0.543. The molecule has 2 rings (SSSR count). The van der Waals surface area contributed by atoms with E-state index >= 15 is 0 Å². The number of rotatable bonds is 7. The largest absolute Gasteiger partial charge is 0.496 e. The second-order valence-corrected chi connectivity index (χ2v) is 6.42. The zero-order valence-corrected chi connectivity index (χ0v) is 16.5. The highest BCUT2D eigenvalue weighted by molar-refractivity contribution is 8.18. The number of nitrogens with zero attached hydrogens (tertiary/aromatic N) is 1. The van der Waals surface area contributed by atoms with Crippen LogP contribution in [0.15, 0.2) is 17.0 Å². The van der Waals surface area contributed by atoms with Crippen molar-refractivity contribution in [1.82, 2.24) is 4.90 Å². The molecule has 27 heavy (non-hydrogen) atoms. The van der Waals surface area contributed by atoms with Crippen molar-refractivity contribution in [2.24, 2.45) is 0 Å². The van der Waals surface area contributed by atoms with Gasteiger partial charge in [0.1, 0.15) is 23.3 Å². The van der Waals surface area contributed by atoms with Gasteiger partial charge in [-0.25, -0.2) is 4.79 Å². The first-order chi connectivity index (χ1) is 12.9. The van der Waals surface area contributed by atoms with E-state index in [1.165, 1.54) is 34.3 Å². The Bertz CT molecular complexity index is 765. The Balaban J connectivity index is 2.42. The quantitative estimate of drug-likeness (QED) is 0.514. The van der Waals surface area contributed by atoms with Crippen molar-refractivity contribution in [2.75, 3.05) is 27.9 Å². The van der Waals surface area contributed by atoms with Gasteiger partial charge in [0, 0.05) is 12.1 Å². The zero-order valence-electron chi connectivity index (χ0n) is 15.7. The van der Waals surface area contributed by atoms with Crippen molar-refractivity contribution in [3.63, 3.8) is 0 Å². The van der Waals surface area contributed by atoms with Gasteiger partial charge in [-0.2, -0.15) is 0 Å². The predicted octanol–water partition coefficient (Wildman–Crippen LogP) is 2.70. The first-order valence-electron chi connectivity index (χ1n) is 8.11. The van der Waals surface area contributed by atoms with Crippen LogP contribution in [-0.2, 0) is 14.3 Å². The lowest BCUT2D eigenvalue weighted by atomic mass is 10.1. The van der Waals surface area contributed by atoms with E-state index in [0.29, 0.717) is 22.8 Å². The molecule has 1 aliphatic heterocycles. The van der Waals surface area contributed by atoms with Gasteiger partial charge in [-0.3, -0.25) is 14.5 Å². The molecule has 8 nitrogen and oxygen atoms in total. The zero-order chi connectivity index (χ0) is 20.1. The van der Waals surface area contributed by atoms with Crippen LogP contribution in [0.4, 0.5) is 4.79 Å². The number of benzene rings is 1. The number of carbonyl (C=O) groups excluding carboxylic acids is 3. The van der Waals surface area contributed by atoms with Crippen LogP contribution in [-0.4, -0.2) is 56.0 Å².